The van der Waals surface area contributed by atoms with Gasteiger partial charge in [-0.2, -0.15) is 9.97 Å². The molecule has 0 saturated carbocycles. The Labute approximate surface area is 235 Å². The fourth-order valence-electron chi connectivity index (χ4n) is 4.86. The lowest BCUT2D eigenvalue weighted by Gasteiger charge is -2.38. The van der Waals surface area contributed by atoms with Crippen LogP contribution in [0.25, 0.3) is 0 Å². The zero-order valence-corrected chi connectivity index (χ0v) is 23.5. The van der Waals surface area contributed by atoms with Crippen molar-refractivity contribution in [2.75, 3.05) is 29.0 Å². The van der Waals surface area contributed by atoms with Gasteiger partial charge in [-0.25, -0.2) is 0 Å². The Morgan fingerprint density at radius 3 is 2.69 bits per heavy atom. The van der Waals surface area contributed by atoms with Gasteiger partial charge in [0.05, 0.1) is 10.7 Å². The minimum Gasteiger partial charge on any atom is -0.493 e. The summed E-state index contributed by atoms with van der Waals surface area (Å²) in [6.45, 7) is 6.69. The Bertz CT molecular complexity index is 1470. The van der Waals surface area contributed by atoms with Gasteiger partial charge in [0.25, 0.3) is 11.5 Å². The predicted molar refractivity (Wildman–Crippen MR) is 151 cm³/mol. The molecule has 0 radical (unpaired) electrons. The number of carbonyl (C=O) groups excluding carboxylic acids is 1. The minimum absolute atomic E-state index is 0.224. The van der Waals surface area contributed by atoms with Crippen LogP contribution in [0.4, 0.5) is 17.5 Å². The van der Waals surface area contributed by atoms with E-state index in [0.717, 1.165) is 45.2 Å². The molecule has 1 saturated heterocycles. The summed E-state index contributed by atoms with van der Waals surface area (Å²) in [6.07, 6.45) is 5.52. The van der Waals surface area contributed by atoms with Crippen LogP contribution in [0.5, 0.6) is 5.88 Å². The number of nitrogens with one attached hydrogen (secondary N) is 1. The van der Waals surface area contributed by atoms with Crippen molar-refractivity contribution in [3.63, 3.8) is 0 Å². The zero-order valence-electron chi connectivity index (χ0n) is 21.9. The van der Waals surface area contributed by atoms with Crippen molar-refractivity contribution in [1.29, 1.82) is 0 Å². The number of hydrogen-bond acceptors (Lipinski definition) is 10. The lowest BCUT2D eigenvalue weighted by molar-refractivity contribution is 0.102. The lowest BCUT2D eigenvalue weighted by atomic mass is 9.78. The van der Waals surface area contributed by atoms with Crippen LogP contribution < -0.4 is 21.5 Å². The first-order chi connectivity index (χ1) is 18.7. The largest absolute Gasteiger partial charge is 0.493 e. The molecule has 5 rings (SSSR count). The fraction of sp³-hybridized carbons (Fsp3) is 0.462. The molecular weight excluding hydrogens is 540 g/mol. The van der Waals surface area contributed by atoms with E-state index in [1.807, 2.05) is 0 Å². The van der Waals surface area contributed by atoms with Crippen LogP contribution in [-0.2, 0) is 13.0 Å². The molecule has 13 heteroatoms. The summed E-state index contributed by atoms with van der Waals surface area (Å²) in [5.41, 5.74) is 5.86. The molecule has 11 nitrogen and oxygen atoms in total. The van der Waals surface area contributed by atoms with Crippen LogP contribution in [0.2, 0.25) is 5.02 Å². The molecule has 39 heavy (non-hydrogen) atoms. The van der Waals surface area contributed by atoms with E-state index in [2.05, 4.69) is 44.2 Å². The van der Waals surface area contributed by atoms with Gasteiger partial charge in [0, 0.05) is 31.0 Å². The molecule has 2 aromatic heterocycles. The monoisotopic (exact) mass is 570 g/mol. The molecule has 2 aliphatic rings. The van der Waals surface area contributed by atoms with Crippen LogP contribution in [0.1, 0.15) is 62.1 Å². The SMILES string of the molecule is CCC1(C)CCN(c2nnc(Sc3cccc(NC(=O)c4c(O)nc5n(c4=O)CCCC5)c3Cl)c(N)n2)CC1. The van der Waals surface area contributed by atoms with Crippen molar-refractivity contribution >= 4 is 46.7 Å². The molecule has 0 bridgehead atoms. The number of nitrogens with zero attached hydrogens (tertiary/aromatic N) is 6. The van der Waals surface area contributed by atoms with E-state index >= 15 is 0 Å². The fourth-order valence-corrected chi connectivity index (χ4v) is 5.94. The smallest absolute Gasteiger partial charge is 0.270 e. The average molecular weight is 571 g/mol. The second-order valence-corrected chi connectivity index (χ2v) is 11.7. The van der Waals surface area contributed by atoms with Crippen molar-refractivity contribution in [2.24, 2.45) is 5.41 Å². The van der Waals surface area contributed by atoms with E-state index in [0.29, 0.717) is 40.1 Å². The van der Waals surface area contributed by atoms with Crippen LogP contribution in [0, 0.1) is 5.41 Å². The molecule has 1 fully saturated rings. The maximum absolute atomic E-state index is 13.0. The number of halogens is 1. The number of aryl methyl sites for hydroxylation is 1. The Balaban J connectivity index is 1.32. The quantitative estimate of drug-likeness (QED) is 0.394. The van der Waals surface area contributed by atoms with E-state index in [4.69, 9.17) is 17.3 Å². The predicted octanol–water partition coefficient (Wildman–Crippen LogP) is 4.13. The van der Waals surface area contributed by atoms with Crippen LogP contribution >= 0.6 is 23.4 Å². The average Bonchev–Trinajstić information content (AvgIpc) is 2.92. The third kappa shape index (κ3) is 5.53. The number of anilines is 3. The molecule has 1 aromatic carbocycles. The number of hydrogen-bond donors (Lipinski definition) is 3. The van der Waals surface area contributed by atoms with E-state index in [1.54, 1.807) is 18.2 Å². The van der Waals surface area contributed by atoms with Gasteiger partial charge in [0.1, 0.15) is 5.82 Å². The maximum Gasteiger partial charge on any atom is 0.270 e. The first kappa shape index (κ1) is 27.2. The number of rotatable bonds is 6. The summed E-state index contributed by atoms with van der Waals surface area (Å²) in [5.74, 6) is -0.158. The molecule has 0 spiro atoms. The van der Waals surface area contributed by atoms with Crippen molar-refractivity contribution in [3.8, 4) is 5.88 Å². The summed E-state index contributed by atoms with van der Waals surface area (Å²) in [7, 11) is 0. The van der Waals surface area contributed by atoms with Gasteiger partial charge < -0.3 is 21.1 Å². The first-order valence-corrected chi connectivity index (χ1v) is 14.2. The Morgan fingerprint density at radius 1 is 1.21 bits per heavy atom. The number of nitrogen functional groups attached to an aromatic ring is 1. The normalized spacial score (nSPS) is 16.5. The maximum atomic E-state index is 13.0. The van der Waals surface area contributed by atoms with Crippen molar-refractivity contribution in [1.82, 2.24) is 24.7 Å². The van der Waals surface area contributed by atoms with E-state index in [1.165, 1.54) is 16.3 Å². The molecule has 0 aliphatic carbocycles. The number of nitrogens with two attached hydrogens (primary N) is 1. The molecule has 4 N–H and O–H groups in total. The summed E-state index contributed by atoms with van der Waals surface area (Å²) < 4.78 is 1.44. The summed E-state index contributed by atoms with van der Waals surface area (Å²) in [6, 6.07) is 5.05. The van der Waals surface area contributed by atoms with Gasteiger partial charge in [0.2, 0.25) is 11.8 Å². The number of fused-ring (bicyclic) bond motifs is 1. The molecule has 0 unspecified atom stereocenters. The standard InChI is InChI=1S/C26H31ClN8O3S/c1-3-26(2)10-13-34(14-11-26)25-31-20(28)23(32-33-25)39-16-8-6-7-15(19(16)27)29-21(36)18-22(37)30-17-9-4-5-12-35(17)24(18)38/h6-8,37H,3-5,9-14H2,1-2H3,(H,29,36)(H2,28,31,33). The Morgan fingerprint density at radius 2 is 1.97 bits per heavy atom. The van der Waals surface area contributed by atoms with Crippen LogP contribution in [-0.4, -0.2) is 48.8 Å². The zero-order chi connectivity index (χ0) is 27.7. The molecule has 4 heterocycles. The molecule has 1 amide bonds. The van der Waals surface area contributed by atoms with Crippen molar-refractivity contribution in [2.45, 2.75) is 68.8 Å². The summed E-state index contributed by atoms with van der Waals surface area (Å²) >= 11 is 7.79. The number of piperidine rings is 1. The van der Waals surface area contributed by atoms with Gasteiger partial charge in [-0.1, -0.05) is 49.7 Å². The number of carbonyl (C=O) groups is 1. The van der Waals surface area contributed by atoms with Gasteiger partial charge in [-0.3, -0.25) is 14.2 Å². The highest BCUT2D eigenvalue weighted by Crippen LogP contribution is 2.39. The second-order valence-electron chi connectivity index (χ2n) is 10.3. The van der Waals surface area contributed by atoms with Crippen LogP contribution in [0.15, 0.2) is 32.9 Å². The topological polar surface area (TPSA) is 152 Å². The van der Waals surface area contributed by atoms with Crippen molar-refractivity contribution < 1.29 is 9.90 Å². The number of aromatic hydroxyl groups is 1. The minimum atomic E-state index is -0.791. The molecule has 2 aliphatic heterocycles. The van der Waals surface area contributed by atoms with E-state index in [-0.39, 0.29) is 16.5 Å². The Hall–Kier alpha value is -3.38. The van der Waals surface area contributed by atoms with Gasteiger partial charge in [-0.05, 0) is 43.2 Å². The van der Waals surface area contributed by atoms with Crippen LogP contribution in [0.3, 0.4) is 0 Å². The number of benzene rings is 1. The molecule has 206 valence electrons. The second kappa shape index (κ2) is 11.0. The highest BCUT2D eigenvalue weighted by molar-refractivity contribution is 7.99. The third-order valence-corrected chi connectivity index (χ3v) is 9.25. The van der Waals surface area contributed by atoms with Gasteiger partial charge in [0.15, 0.2) is 16.4 Å². The van der Waals surface area contributed by atoms with Gasteiger partial charge in [-0.15, -0.1) is 10.2 Å². The third-order valence-electron chi connectivity index (χ3n) is 7.68. The highest BCUT2D eigenvalue weighted by atomic mass is 35.5. The Kier molecular flexibility index (Phi) is 7.68. The number of aromatic nitrogens is 5. The summed E-state index contributed by atoms with van der Waals surface area (Å²) in [5, 5.41) is 22.2. The van der Waals surface area contributed by atoms with E-state index < -0.39 is 22.9 Å². The first-order valence-electron chi connectivity index (χ1n) is 13.0. The van der Waals surface area contributed by atoms with Crippen molar-refractivity contribution in [3.05, 3.63) is 45.0 Å². The van der Waals surface area contributed by atoms with Gasteiger partial charge >= 0.3 is 0 Å². The molecular formula is C26H31ClN8O3S. The molecule has 0 atom stereocenters. The number of amides is 1. The molecule has 3 aromatic rings. The lowest BCUT2D eigenvalue weighted by Crippen LogP contribution is -2.39. The van der Waals surface area contributed by atoms with E-state index in [9.17, 15) is 14.7 Å². The summed E-state index contributed by atoms with van der Waals surface area (Å²) in [4.78, 5) is 37.2. The highest BCUT2D eigenvalue weighted by Gasteiger charge is 2.30.